The molecule has 4 heteroatoms. The van der Waals surface area contributed by atoms with E-state index in [-0.39, 0.29) is 0 Å². The molecule has 1 heterocycles. The van der Waals surface area contributed by atoms with E-state index in [9.17, 15) is 0 Å². The molecular formula is C36H56N2O2. The molecule has 4 atom stereocenters. The van der Waals surface area contributed by atoms with E-state index in [1.807, 2.05) is 0 Å². The van der Waals surface area contributed by atoms with E-state index in [1.54, 1.807) is 5.23 Å². The summed E-state index contributed by atoms with van der Waals surface area (Å²) in [6.07, 6.45) is 12.7. The molecule has 4 nitrogen and oxygen atoms in total. The van der Waals surface area contributed by atoms with E-state index in [0.717, 1.165) is 23.2 Å². The van der Waals surface area contributed by atoms with E-state index in [4.69, 9.17) is 15.4 Å². The largest absolute Gasteiger partial charge is 0.399 e. The van der Waals surface area contributed by atoms with Gasteiger partial charge in [0.15, 0.2) is 0 Å². The first-order chi connectivity index (χ1) is 19.0. The van der Waals surface area contributed by atoms with Crippen molar-refractivity contribution in [1.29, 1.82) is 0 Å². The minimum absolute atomic E-state index is 0.421. The molecule has 0 amide bonds. The molecule has 40 heavy (non-hydrogen) atoms. The fraction of sp³-hybridized carbons (Fsp3) is 0.667. The van der Waals surface area contributed by atoms with Crippen LogP contribution in [0.1, 0.15) is 143 Å². The van der Waals surface area contributed by atoms with Gasteiger partial charge in [0, 0.05) is 5.69 Å². The highest BCUT2D eigenvalue weighted by Gasteiger charge is 2.50. The van der Waals surface area contributed by atoms with Gasteiger partial charge in [0.05, 0.1) is 5.69 Å². The lowest BCUT2D eigenvalue weighted by Gasteiger charge is -2.39. The van der Waals surface area contributed by atoms with Gasteiger partial charge in [-0.2, -0.15) is 0 Å². The van der Waals surface area contributed by atoms with Crippen molar-refractivity contribution in [3.63, 3.8) is 0 Å². The third-order valence-corrected chi connectivity index (χ3v) is 10.2. The second kappa shape index (κ2) is 12.9. The zero-order valence-electron chi connectivity index (χ0n) is 26.7. The highest BCUT2D eigenvalue weighted by atomic mass is 17.0. The van der Waals surface area contributed by atoms with E-state index < -0.39 is 11.2 Å². The van der Waals surface area contributed by atoms with Gasteiger partial charge in [0.1, 0.15) is 11.2 Å². The predicted molar refractivity (Wildman–Crippen MR) is 170 cm³/mol. The van der Waals surface area contributed by atoms with Gasteiger partial charge in [-0.15, -0.1) is 5.23 Å². The molecule has 2 N–H and O–H groups in total. The normalized spacial score (nSPS) is 22.6. The van der Waals surface area contributed by atoms with Crippen LogP contribution in [0.15, 0.2) is 36.4 Å². The number of unbranched alkanes of at least 4 members (excludes halogenated alkanes) is 2. The molecule has 4 rings (SSSR count). The first-order valence-electron chi connectivity index (χ1n) is 16.3. The lowest BCUT2D eigenvalue weighted by molar-refractivity contribution is -0.0273. The average Bonchev–Trinajstić information content (AvgIpc) is 3.15. The maximum atomic E-state index is 6.46. The number of fused-ring (bicyclic) bond motifs is 3. The molecule has 1 aliphatic heterocycles. The van der Waals surface area contributed by atoms with Crippen LogP contribution in [0.4, 0.5) is 11.4 Å². The van der Waals surface area contributed by atoms with E-state index >= 15 is 0 Å². The Morgan fingerprint density at radius 1 is 0.725 bits per heavy atom. The summed E-state index contributed by atoms with van der Waals surface area (Å²) in [7, 11) is 0. The van der Waals surface area contributed by atoms with Crippen molar-refractivity contribution in [3.8, 4) is 11.1 Å². The van der Waals surface area contributed by atoms with Crippen molar-refractivity contribution in [2.45, 2.75) is 143 Å². The maximum Gasteiger partial charge on any atom is 0.124 e. The fourth-order valence-electron chi connectivity index (χ4n) is 6.80. The number of anilines is 2. The van der Waals surface area contributed by atoms with Crippen LogP contribution in [0.5, 0.6) is 0 Å². The molecule has 1 fully saturated rings. The van der Waals surface area contributed by atoms with Crippen LogP contribution in [-0.2, 0) is 9.68 Å². The molecule has 1 aliphatic carbocycles. The van der Waals surface area contributed by atoms with E-state index in [0.29, 0.717) is 11.8 Å². The first-order valence-corrected chi connectivity index (χ1v) is 16.3. The van der Waals surface area contributed by atoms with Gasteiger partial charge in [0.2, 0.25) is 0 Å². The van der Waals surface area contributed by atoms with Crippen molar-refractivity contribution in [2.75, 3.05) is 11.0 Å². The van der Waals surface area contributed by atoms with Gasteiger partial charge in [0.25, 0.3) is 0 Å². The monoisotopic (exact) mass is 548 g/mol. The van der Waals surface area contributed by atoms with Gasteiger partial charge in [-0.05, 0) is 111 Å². The number of benzene rings is 2. The summed E-state index contributed by atoms with van der Waals surface area (Å²) in [5.74, 6) is 2.37. The summed E-state index contributed by atoms with van der Waals surface area (Å²) in [5, 5.41) is 1.68. The Hall–Kier alpha value is -2.04. The Morgan fingerprint density at radius 2 is 1.20 bits per heavy atom. The lowest BCUT2D eigenvalue weighted by atomic mass is 9.65. The van der Waals surface area contributed by atoms with Crippen LogP contribution >= 0.6 is 0 Å². The Morgan fingerprint density at radius 3 is 1.68 bits per heavy atom. The van der Waals surface area contributed by atoms with Gasteiger partial charge >= 0.3 is 0 Å². The molecule has 2 aliphatic rings. The second-order valence-corrected chi connectivity index (χ2v) is 13.6. The van der Waals surface area contributed by atoms with Crippen LogP contribution < -0.4 is 11.0 Å². The van der Waals surface area contributed by atoms with Gasteiger partial charge in [-0.25, -0.2) is 9.68 Å². The van der Waals surface area contributed by atoms with Crippen LogP contribution in [0.3, 0.4) is 0 Å². The number of rotatable bonds is 13. The number of nitrogens with zero attached hydrogens (tertiary/aromatic N) is 1. The molecule has 0 bridgehead atoms. The molecule has 222 valence electrons. The van der Waals surface area contributed by atoms with Crippen LogP contribution in [-0.4, -0.2) is 11.2 Å². The number of hydrogen-bond acceptors (Lipinski definition) is 4. The fourth-order valence-corrected chi connectivity index (χ4v) is 6.80. The van der Waals surface area contributed by atoms with Crippen molar-refractivity contribution in [1.82, 2.24) is 0 Å². The zero-order valence-corrected chi connectivity index (χ0v) is 26.7. The van der Waals surface area contributed by atoms with Crippen molar-refractivity contribution < 1.29 is 9.68 Å². The topological polar surface area (TPSA) is 47.7 Å². The van der Waals surface area contributed by atoms with Gasteiger partial charge in [-0.1, -0.05) is 91.2 Å². The predicted octanol–water partition coefficient (Wildman–Crippen LogP) is 10.6. The third kappa shape index (κ3) is 6.39. The molecule has 0 aromatic heterocycles. The van der Waals surface area contributed by atoms with Gasteiger partial charge < -0.3 is 5.73 Å². The SMILES string of the molecule is CCCCC(CC)CC1c2cc(N)ccc2-c2ccc(N3OC(C)(C)C(C)(C)O3)cc2C1CC(CC)CCCC. The number of nitrogen functional groups attached to an aromatic ring is 1. The molecule has 0 saturated carbocycles. The van der Waals surface area contributed by atoms with E-state index in [2.05, 4.69) is 91.8 Å². The van der Waals surface area contributed by atoms with Crippen molar-refractivity contribution in [3.05, 3.63) is 47.5 Å². The highest BCUT2D eigenvalue weighted by molar-refractivity contribution is 5.78. The molecule has 2 aromatic rings. The minimum atomic E-state index is -0.421. The summed E-state index contributed by atoms with van der Waals surface area (Å²) in [5.41, 5.74) is 13.1. The van der Waals surface area contributed by atoms with Crippen molar-refractivity contribution >= 4 is 11.4 Å². The third-order valence-electron chi connectivity index (χ3n) is 10.2. The average molecular weight is 549 g/mol. The molecule has 1 saturated heterocycles. The lowest BCUT2D eigenvalue weighted by Crippen LogP contribution is -2.41. The molecule has 0 radical (unpaired) electrons. The Kier molecular flexibility index (Phi) is 9.94. The zero-order chi connectivity index (χ0) is 29.1. The number of hydrogen-bond donors (Lipinski definition) is 1. The van der Waals surface area contributed by atoms with Crippen LogP contribution in [0.25, 0.3) is 11.1 Å². The summed E-state index contributed by atoms with van der Waals surface area (Å²) in [6.45, 7) is 17.8. The smallest absolute Gasteiger partial charge is 0.124 e. The van der Waals surface area contributed by atoms with E-state index in [1.165, 1.54) is 86.5 Å². The molecule has 2 aromatic carbocycles. The quantitative estimate of drug-likeness (QED) is 0.253. The standard InChI is InChI=1S/C36H56N2O2/c1-9-13-15-25(11-3)21-31-32(22-26(12-4)16-14-10-2)34-24-28(38-39-35(5,6)36(7,8)40-38)18-20-30(34)29-19-17-27(37)23-33(29)31/h17-20,23-26,31-32H,9-16,21-22,37H2,1-8H3. The minimum Gasteiger partial charge on any atom is -0.399 e. The Labute approximate surface area is 244 Å². The van der Waals surface area contributed by atoms with Crippen molar-refractivity contribution in [2.24, 2.45) is 11.8 Å². The summed E-state index contributed by atoms with van der Waals surface area (Å²) in [4.78, 5) is 12.7. The molecule has 0 spiro atoms. The summed E-state index contributed by atoms with van der Waals surface area (Å²) in [6, 6.07) is 13.5. The van der Waals surface area contributed by atoms with Crippen LogP contribution in [0, 0.1) is 11.8 Å². The number of nitrogens with two attached hydrogens (primary N) is 1. The highest BCUT2D eigenvalue weighted by Crippen LogP contribution is 2.54. The second-order valence-electron chi connectivity index (χ2n) is 13.6. The van der Waals surface area contributed by atoms with Crippen LogP contribution in [0.2, 0.25) is 0 Å². The maximum absolute atomic E-state index is 6.46. The summed E-state index contributed by atoms with van der Waals surface area (Å²) >= 11 is 0. The molecular weight excluding hydrogens is 492 g/mol. The Bertz CT molecular complexity index is 1110. The first kappa shape index (κ1) is 30.9. The molecule has 4 unspecified atom stereocenters. The summed E-state index contributed by atoms with van der Waals surface area (Å²) < 4.78 is 0. The Balaban J connectivity index is 1.82. The van der Waals surface area contributed by atoms with Gasteiger partial charge in [-0.3, -0.25) is 0 Å².